The molecule has 3 aromatic rings. The summed E-state index contributed by atoms with van der Waals surface area (Å²) >= 11 is 0. The van der Waals surface area contributed by atoms with Crippen molar-refractivity contribution in [1.29, 1.82) is 0 Å². The van der Waals surface area contributed by atoms with Crippen LogP contribution in [0.4, 0.5) is 0 Å². The number of aromatic nitrogens is 1. The number of carbonyl (C=O) groups is 1. The lowest BCUT2D eigenvalue weighted by molar-refractivity contribution is -0.150. The van der Waals surface area contributed by atoms with Crippen LogP contribution < -0.4 is 14.8 Å². The van der Waals surface area contributed by atoms with E-state index in [1.807, 2.05) is 44.2 Å². The molecule has 2 N–H and O–H groups in total. The fourth-order valence-corrected chi connectivity index (χ4v) is 4.00. The third-order valence-corrected chi connectivity index (χ3v) is 5.29. The number of benzene rings is 2. The molecule has 0 radical (unpaired) electrons. The van der Waals surface area contributed by atoms with E-state index in [2.05, 4.69) is 22.4 Å². The zero-order chi connectivity index (χ0) is 20.5. The fraction of sp³-hybridized carbons (Fsp3) is 0.348. The summed E-state index contributed by atoms with van der Waals surface area (Å²) in [7, 11) is 3.23. The van der Waals surface area contributed by atoms with Crippen LogP contribution in [0.3, 0.4) is 0 Å². The fourth-order valence-electron chi connectivity index (χ4n) is 4.00. The topological polar surface area (TPSA) is 72.6 Å². The summed E-state index contributed by atoms with van der Waals surface area (Å²) in [6.45, 7) is 3.73. The molecule has 0 unspecified atom stereocenters. The van der Waals surface area contributed by atoms with Gasteiger partial charge in [-0.15, -0.1) is 0 Å². The number of para-hydroxylation sites is 1. The highest BCUT2D eigenvalue weighted by Crippen LogP contribution is 2.38. The van der Waals surface area contributed by atoms with Gasteiger partial charge in [0, 0.05) is 23.0 Å². The molecule has 0 fully saturated rings. The molecule has 1 aliphatic rings. The number of ether oxygens (including phenoxy) is 3. The molecule has 0 spiro atoms. The Bertz CT molecular complexity index is 1040. The summed E-state index contributed by atoms with van der Waals surface area (Å²) in [5.41, 5.74) is 4.25. The van der Waals surface area contributed by atoms with E-state index in [-0.39, 0.29) is 18.1 Å². The lowest BCUT2D eigenvalue weighted by Crippen LogP contribution is -2.46. The molecular formula is C23H26N2O4. The Morgan fingerprint density at radius 1 is 1.07 bits per heavy atom. The predicted octanol–water partition coefficient (Wildman–Crippen LogP) is 3.74. The van der Waals surface area contributed by atoms with Gasteiger partial charge in [0.15, 0.2) is 11.5 Å². The second-order valence-corrected chi connectivity index (χ2v) is 7.52. The van der Waals surface area contributed by atoms with E-state index in [4.69, 9.17) is 14.2 Å². The van der Waals surface area contributed by atoms with Crippen LogP contribution >= 0.6 is 0 Å². The number of esters is 1. The molecule has 0 amide bonds. The minimum atomic E-state index is -0.429. The van der Waals surface area contributed by atoms with Crippen LogP contribution in [-0.2, 0) is 16.0 Å². The summed E-state index contributed by atoms with van der Waals surface area (Å²) in [4.78, 5) is 16.3. The number of H-pyrrole nitrogens is 1. The Morgan fingerprint density at radius 3 is 2.55 bits per heavy atom. The van der Waals surface area contributed by atoms with Gasteiger partial charge in [0.2, 0.25) is 0 Å². The molecule has 0 bridgehead atoms. The number of rotatable bonds is 5. The number of hydrogen-bond donors (Lipinski definition) is 2. The van der Waals surface area contributed by atoms with Crippen molar-refractivity contribution in [2.24, 2.45) is 0 Å². The second-order valence-electron chi connectivity index (χ2n) is 7.52. The van der Waals surface area contributed by atoms with Gasteiger partial charge < -0.3 is 19.2 Å². The highest BCUT2D eigenvalue weighted by molar-refractivity contribution is 5.87. The Hall–Kier alpha value is -2.99. The van der Waals surface area contributed by atoms with Crippen molar-refractivity contribution in [3.05, 3.63) is 59.3 Å². The molecule has 1 aromatic heterocycles. The molecule has 0 aliphatic carbocycles. The first-order chi connectivity index (χ1) is 14.0. The van der Waals surface area contributed by atoms with E-state index in [0.29, 0.717) is 17.9 Å². The van der Waals surface area contributed by atoms with Gasteiger partial charge in [0.1, 0.15) is 6.04 Å². The van der Waals surface area contributed by atoms with Gasteiger partial charge in [0.05, 0.1) is 26.4 Å². The number of aromatic amines is 1. The van der Waals surface area contributed by atoms with Crippen molar-refractivity contribution >= 4 is 16.9 Å². The van der Waals surface area contributed by atoms with Crippen LogP contribution in [0.1, 0.15) is 36.7 Å². The maximum atomic E-state index is 12.7. The lowest BCUT2D eigenvalue weighted by Gasteiger charge is -2.31. The molecule has 29 heavy (non-hydrogen) atoms. The van der Waals surface area contributed by atoms with Crippen LogP contribution in [0, 0.1) is 0 Å². The molecule has 2 heterocycles. The van der Waals surface area contributed by atoms with Crippen LogP contribution in [-0.4, -0.2) is 37.3 Å². The van der Waals surface area contributed by atoms with E-state index in [0.717, 1.165) is 27.7 Å². The summed E-state index contributed by atoms with van der Waals surface area (Å²) in [6, 6.07) is 13.4. The average molecular weight is 394 g/mol. The number of hydrogen-bond acceptors (Lipinski definition) is 5. The zero-order valence-electron chi connectivity index (χ0n) is 17.1. The molecule has 2 atom stereocenters. The molecule has 0 saturated carbocycles. The molecular weight excluding hydrogens is 368 g/mol. The molecule has 1 aliphatic heterocycles. The van der Waals surface area contributed by atoms with Crippen molar-refractivity contribution in [2.45, 2.75) is 38.5 Å². The van der Waals surface area contributed by atoms with Crippen LogP contribution in [0.5, 0.6) is 11.5 Å². The largest absolute Gasteiger partial charge is 0.493 e. The van der Waals surface area contributed by atoms with Gasteiger partial charge in [-0.05, 0) is 43.2 Å². The number of nitrogens with one attached hydrogen (secondary N) is 2. The van der Waals surface area contributed by atoms with Crippen LogP contribution in [0.15, 0.2) is 42.5 Å². The van der Waals surface area contributed by atoms with E-state index in [1.165, 1.54) is 0 Å². The van der Waals surface area contributed by atoms with Gasteiger partial charge in [0.25, 0.3) is 0 Å². The van der Waals surface area contributed by atoms with Gasteiger partial charge in [-0.3, -0.25) is 10.1 Å². The maximum Gasteiger partial charge on any atom is 0.323 e. The molecule has 152 valence electrons. The van der Waals surface area contributed by atoms with E-state index in [9.17, 15) is 4.79 Å². The lowest BCUT2D eigenvalue weighted by atomic mass is 9.90. The zero-order valence-corrected chi connectivity index (χ0v) is 17.1. The number of carbonyl (C=O) groups excluding carboxylic acids is 1. The third kappa shape index (κ3) is 3.56. The Labute approximate surface area is 170 Å². The summed E-state index contributed by atoms with van der Waals surface area (Å²) in [5.74, 6) is 1.08. The second kappa shape index (κ2) is 7.79. The van der Waals surface area contributed by atoms with Gasteiger partial charge >= 0.3 is 5.97 Å². The van der Waals surface area contributed by atoms with Crippen molar-refractivity contribution in [2.75, 3.05) is 14.2 Å². The number of methoxy groups -OCH3 is 2. The monoisotopic (exact) mass is 394 g/mol. The standard InChI is InChI=1S/C23H26N2O4/c1-13(2)29-23(26)18-12-16-15-7-5-6-8-17(15)24-22(16)21(25-18)14-9-10-19(27-3)20(11-14)28-4/h5-11,13,18,21,24-25H,12H2,1-4H3/t18-,21-/m0/s1. The van der Waals surface area contributed by atoms with Crippen LogP contribution in [0.25, 0.3) is 10.9 Å². The first-order valence-electron chi connectivity index (χ1n) is 9.79. The first kappa shape index (κ1) is 19.3. The SMILES string of the molecule is COc1ccc([C@@H]2N[C@H](C(=O)OC(C)C)Cc3c2[nH]c2ccccc32)cc1OC. The maximum absolute atomic E-state index is 12.7. The highest BCUT2D eigenvalue weighted by Gasteiger charge is 2.35. The third-order valence-electron chi connectivity index (χ3n) is 5.29. The predicted molar refractivity (Wildman–Crippen MR) is 112 cm³/mol. The summed E-state index contributed by atoms with van der Waals surface area (Å²) in [6.07, 6.45) is 0.419. The minimum absolute atomic E-state index is 0.159. The van der Waals surface area contributed by atoms with E-state index < -0.39 is 6.04 Å². The molecule has 0 saturated heterocycles. The Morgan fingerprint density at radius 2 is 1.83 bits per heavy atom. The van der Waals surface area contributed by atoms with Crippen molar-refractivity contribution < 1.29 is 19.0 Å². The molecule has 6 nitrogen and oxygen atoms in total. The van der Waals surface area contributed by atoms with E-state index >= 15 is 0 Å². The molecule has 2 aromatic carbocycles. The van der Waals surface area contributed by atoms with Gasteiger partial charge in [-0.25, -0.2) is 0 Å². The summed E-state index contributed by atoms with van der Waals surface area (Å²) < 4.78 is 16.4. The van der Waals surface area contributed by atoms with E-state index in [1.54, 1.807) is 14.2 Å². The van der Waals surface area contributed by atoms with Crippen molar-refractivity contribution in [1.82, 2.24) is 10.3 Å². The highest BCUT2D eigenvalue weighted by atomic mass is 16.5. The minimum Gasteiger partial charge on any atom is -0.493 e. The number of fused-ring (bicyclic) bond motifs is 3. The average Bonchev–Trinajstić information content (AvgIpc) is 3.10. The van der Waals surface area contributed by atoms with Gasteiger partial charge in [-0.2, -0.15) is 0 Å². The first-order valence-corrected chi connectivity index (χ1v) is 9.79. The van der Waals surface area contributed by atoms with Gasteiger partial charge in [-0.1, -0.05) is 24.3 Å². The van der Waals surface area contributed by atoms with Crippen LogP contribution in [0.2, 0.25) is 0 Å². The quantitative estimate of drug-likeness (QED) is 0.645. The van der Waals surface area contributed by atoms with Crippen molar-refractivity contribution in [3.8, 4) is 11.5 Å². The molecule has 4 rings (SSSR count). The van der Waals surface area contributed by atoms with Crippen molar-refractivity contribution in [3.63, 3.8) is 0 Å². The normalized spacial score (nSPS) is 18.5. The Kier molecular flexibility index (Phi) is 5.20. The Balaban J connectivity index is 1.81. The molecule has 6 heteroatoms. The summed E-state index contributed by atoms with van der Waals surface area (Å²) in [5, 5.41) is 4.61. The smallest absolute Gasteiger partial charge is 0.323 e.